The number of anilines is 1. The molecule has 19 heavy (non-hydrogen) atoms. The van der Waals surface area contributed by atoms with Gasteiger partial charge in [-0.3, -0.25) is 9.10 Å². The molecule has 0 fully saturated rings. The van der Waals surface area contributed by atoms with E-state index in [4.69, 9.17) is 0 Å². The van der Waals surface area contributed by atoms with Crippen LogP contribution in [0.15, 0.2) is 53.0 Å². The highest BCUT2D eigenvalue weighted by Crippen LogP contribution is 2.32. The number of halogens is 1. The van der Waals surface area contributed by atoms with Crippen molar-refractivity contribution in [2.45, 2.75) is 6.54 Å². The zero-order chi connectivity index (χ0) is 13.2. The van der Waals surface area contributed by atoms with Crippen LogP contribution in [0.1, 0.15) is 15.9 Å². The van der Waals surface area contributed by atoms with E-state index in [9.17, 15) is 4.79 Å². The number of carbonyl (C=O) groups is 1. The van der Waals surface area contributed by atoms with Crippen LogP contribution >= 0.6 is 28.1 Å². The van der Waals surface area contributed by atoms with Crippen molar-refractivity contribution in [3.8, 4) is 0 Å². The zero-order valence-corrected chi connectivity index (χ0v) is 12.4. The summed E-state index contributed by atoms with van der Waals surface area (Å²) in [5.41, 5.74) is 2.68. The maximum Gasteiger partial charge on any atom is 0.267 e. The van der Waals surface area contributed by atoms with Gasteiger partial charge in [-0.25, -0.2) is 0 Å². The Balaban J connectivity index is 1.85. The third-order valence-corrected chi connectivity index (χ3v) is 4.19. The molecule has 0 aromatic heterocycles. The standard InChI is InChI=1S/C14H11BrN2OS/c15-11-6-7-13-12(8-11)14(18)17(19-16-13)9-10-4-2-1-3-5-10/h1-8,16H,9H2. The third-order valence-electron chi connectivity index (χ3n) is 2.87. The maximum atomic E-state index is 12.4. The molecular weight excluding hydrogens is 324 g/mol. The Hall–Kier alpha value is -1.46. The van der Waals surface area contributed by atoms with E-state index in [1.165, 1.54) is 12.1 Å². The number of hydrogen-bond acceptors (Lipinski definition) is 3. The monoisotopic (exact) mass is 334 g/mol. The molecular formula is C14H11BrN2OS. The van der Waals surface area contributed by atoms with Gasteiger partial charge < -0.3 is 4.72 Å². The number of nitrogens with one attached hydrogen (secondary N) is 1. The highest BCUT2D eigenvalue weighted by Gasteiger charge is 2.25. The molecule has 0 bridgehead atoms. The fourth-order valence-electron chi connectivity index (χ4n) is 1.92. The minimum atomic E-state index is 0.0314. The third kappa shape index (κ3) is 2.62. The second kappa shape index (κ2) is 5.27. The van der Waals surface area contributed by atoms with Gasteiger partial charge in [-0.2, -0.15) is 0 Å². The van der Waals surface area contributed by atoms with E-state index in [-0.39, 0.29) is 5.91 Å². The minimum absolute atomic E-state index is 0.0314. The number of hydrogen-bond donors (Lipinski definition) is 1. The largest absolute Gasteiger partial charge is 0.311 e. The second-order valence-corrected chi connectivity index (χ2v) is 5.95. The molecule has 0 saturated heterocycles. The van der Waals surface area contributed by atoms with Crippen LogP contribution < -0.4 is 4.72 Å². The second-order valence-electron chi connectivity index (χ2n) is 4.21. The first-order valence-corrected chi connectivity index (χ1v) is 7.39. The van der Waals surface area contributed by atoms with Crippen LogP contribution in [0.25, 0.3) is 0 Å². The molecule has 96 valence electrons. The van der Waals surface area contributed by atoms with Crippen LogP contribution in [0.5, 0.6) is 0 Å². The van der Waals surface area contributed by atoms with Crippen molar-refractivity contribution >= 4 is 39.7 Å². The molecule has 5 heteroatoms. The van der Waals surface area contributed by atoms with E-state index < -0.39 is 0 Å². The van der Waals surface area contributed by atoms with Gasteiger partial charge in [-0.15, -0.1) is 0 Å². The van der Waals surface area contributed by atoms with Crippen molar-refractivity contribution in [3.63, 3.8) is 0 Å². The summed E-state index contributed by atoms with van der Waals surface area (Å²) >= 11 is 4.73. The van der Waals surface area contributed by atoms with Gasteiger partial charge in [0.25, 0.3) is 5.91 Å². The molecule has 0 aliphatic carbocycles. The molecule has 2 aromatic carbocycles. The van der Waals surface area contributed by atoms with Gasteiger partial charge in [0.15, 0.2) is 0 Å². The molecule has 1 heterocycles. The Bertz CT molecular complexity index is 618. The summed E-state index contributed by atoms with van der Waals surface area (Å²) in [6.07, 6.45) is 0. The van der Waals surface area contributed by atoms with Gasteiger partial charge in [0.2, 0.25) is 0 Å². The van der Waals surface area contributed by atoms with Gasteiger partial charge in [-0.1, -0.05) is 46.3 Å². The van der Waals surface area contributed by atoms with E-state index >= 15 is 0 Å². The summed E-state index contributed by atoms with van der Waals surface area (Å²) in [4.78, 5) is 12.4. The average molecular weight is 335 g/mol. The Morgan fingerprint density at radius 1 is 1.16 bits per heavy atom. The molecule has 1 amide bonds. The SMILES string of the molecule is O=C1c2cc(Br)ccc2NSN1Cc1ccccc1. The molecule has 0 spiro atoms. The summed E-state index contributed by atoms with van der Waals surface area (Å²) < 4.78 is 5.83. The van der Waals surface area contributed by atoms with Crippen LogP contribution in [0.2, 0.25) is 0 Å². The Labute approximate surface area is 124 Å². The van der Waals surface area contributed by atoms with Crippen molar-refractivity contribution in [2.24, 2.45) is 0 Å². The van der Waals surface area contributed by atoms with Crippen LogP contribution in [0, 0.1) is 0 Å². The lowest BCUT2D eigenvalue weighted by molar-refractivity contribution is 0.0865. The van der Waals surface area contributed by atoms with E-state index in [2.05, 4.69) is 20.7 Å². The molecule has 0 unspecified atom stereocenters. The number of amides is 1. The first-order valence-electron chi connectivity index (χ1n) is 5.82. The molecule has 3 rings (SSSR count). The minimum Gasteiger partial charge on any atom is -0.311 e. The fraction of sp³-hybridized carbons (Fsp3) is 0.0714. The lowest BCUT2D eigenvalue weighted by Crippen LogP contribution is -2.29. The predicted molar refractivity (Wildman–Crippen MR) is 81.7 cm³/mol. The molecule has 1 aliphatic heterocycles. The summed E-state index contributed by atoms with van der Waals surface area (Å²) in [5.74, 6) is 0.0314. The highest BCUT2D eigenvalue weighted by atomic mass is 79.9. The topological polar surface area (TPSA) is 32.3 Å². The van der Waals surface area contributed by atoms with E-state index in [0.717, 1.165) is 15.7 Å². The zero-order valence-electron chi connectivity index (χ0n) is 9.97. The van der Waals surface area contributed by atoms with Crippen LogP contribution in [0.4, 0.5) is 5.69 Å². The van der Waals surface area contributed by atoms with Gasteiger partial charge in [0.1, 0.15) is 0 Å². The number of fused-ring (bicyclic) bond motifs is 1. The highest BCUT2D eigenvalue weighted by molar-refractivity contribution is 9.10. The Kier molecular flexibility index (Phi) is 3.48. The smallest absolute Gasteiger partial charge is 0.267 e. The van der Waals surface area contributed by atoms with Gasteiger partial charge in [0.05, 0.1) is 29.9 Å². The van der Waals surface area contributed by atoms with Gasteiger partial charge in [0, 0.05) is 4.47 Å². The lowest BCUT2D eigenvalue weighted by atomic mass is 10.1. The van der Waals surface area contributed by atoms with E-state index in [1.54, 1.807) is 4.31 Å². The molecule has 1 N–H and O–H groups in total. The van der Waals surface area contributed by atoms with Gasteiger partial charge in [-0.05, 0) is 23.8 Å². The maximum absolute atomic E-state index is 12.4. The normalized spacial score (nSPS) is 13.9. The van der Waals surface area contributed by atoms with Crippen molar-refractivity contribution in [1.82, 2.24) is 4.31 Å². The summed E-state index contributed by atoms with van der Waals surface area (Å²) in [6, 6.07) is 15.6. The molecule has 2 aromatic rings. The number of nitrogens with zero attached hydrogens (tertiary/aromatic N) is 1. The summed E-state index contributed by atoms with van der Waals surface area (Å²) in [5, 5.41) is 0. The molecule has 0 radical (unpaired) electrons. The van der Waals surface area contributed by atoms with Crippen LogP contribution in [0.3, 0.4) is 0 Å². The molecule has 3 nitrogen and oxygen atoms in total. The first-order chi connectivity index (χ1) is 9.24. The fourth-order valence-corrected chi connectivity index (χ4v) is 3.06. The van der Waals surface area contributed by atoms with Crippen molar-refractivity contribution in [1.29, 1.82) is 0 Å². The number of benzene rings is 2. The number of rotatable bonds is 2. The summed E-state index contributed by atoms with van der Waals surface area (Å²) in [7, 11) is 0. The van der Waals surface area contributed by atoms with Crippen molar-refractivity contribution in [2.75, 3.05) is 4.72 Å². The average Bonchev–Trinajstić information content (AvgIpc) is 2.44. The molecule has 0 saturated carbocycles. The van der Waals surface area contributed by atoms with E-state index in [1.807, 2.05) is 48.5 Å². The Morgan fingerprint density at radius 2 is 1.95 bits per heavy atom. The lowest BCUT2D eigenvalue weighted by Gasteiger charge is -2.27. The predicted octanol–water partition coefficient (Wildman–Crippen LogP) is 4.08. The molecule has 0 atom stereocenters. The summed E-state index contributed by atoms with van der Waals surface area (Å²) in [6.45, 7) is 0.587. The first kappa shape index (κ1) is 12.6. The van der Waals surface area contributed by atoms with Crippen molar-refractivity contribution in [3.05, 3.63) is 64.1 Å². The molecule has 1 aliphatic rings. The van der Waals surface area contributed by atoms with Gasteiger partial charge >= 0.3 is 0 Å². The van der Waals surface area contributed by atoms with Crippen molar-refractivity contribution < 1.29 is 4.79 Å². The Morgan fingerprint density at radius 3 is 2.74 bits per heavy atom. The number of carbonyl (C=O) groups excluding carboxylic acids is 1. The quantitative estimate of drug-likeness (QED) is 0.840. The van der Waals surface area contributed by atoms with Crippen LogP contribution in [-0.4, -0.2) is 10.2 Å². The van der Waals surface area contributed by atoms with Crippen LogP contribution in [-0.2, 0) is 6.54 Å². The van der Waals surface area contributed by atoms with E-state index in [0.29, 0.717) is 12.1 Å².